The van der Waals surface area contributed by atoms with Crippen molar-refractivity contribution in [1.29, 1.82) is 0 Å². The van der Waals surface area contributed by atoms with Crippen molar-refractivity contribution < 1.29 is 13.2 Å². The lowest BCUT2D eigenvalue weighted by Crippen LogP contribution is -2.05. The van der Waals surface area contributed by atoms with E-state index in [0.717, 1.165) is 0 Å². The Bertz CT molecular complexity index is 47.4. The molecule has 0 nitrogen and oxygen atoms in total. The summed E-state index contributed by atoms with van der Waals surface area (Å²) in [4.78, 5) is 0. The topological polar surface area (TPSA) is 0 Å². The summed E-state index contributed by atoms with van der Waals surface area (Å²) in [6.07, 6.45) is -4.50. The van der Waals surface area contributed by atoms with Crippen LogP contribution in [0.3, 0.4) is 0 Å². The van der Waals surface area contributed by atoms with Crippen LogP contribution in [0, 0.1) is 6.43 Å². The molecule has 0 aromatic carbocycles. The first-order valence-electron chi connectivity index (χ1n) is 1.56. The van der Waals surface area contributed by atoms with Crippen LogP contribution in [-0.2, 0) is 0 Å². The standard InChI is InChI=1S/C3H3ClF3/c4-1-2(5)3(6)7/h2H,1H2. The van der Waals surface area contributed by atoms with Crippen molar-refractivity contribution in [2.45, 2.75) is 6.17 Å². The van der Waals surface area contributed by atoms with Gasteiger partial charge < -0.3 is 0 Å². The van der Waals surface area contributed by atoms with Crippen molar-refractivity contribution in [2.75, 3.05) is 5.88 Å². The summed E-state index contributed by atoms with van der Waals surface area (Å²) in [6, 6.07) is 0. The van der Waals surface area contributed by atoms with E-state index in [4.69, 9.17) is 0 Å². The van der Waals surface area contributed by atoms with Crippen LogP contribution in [0.25, 0.3) is 0 Å². The monoisotopic (exact) mass is 131 g/mol. The van der Waals surface area contributed by atoms with Crippen LogP contribution in [0.15, 0.2) is 0 Å². The molecule has 0 aromatic heterocycles. The fourth-order valence-corrected chi connectivity index (χ4v) is 0.175. The maximum absolute atomic E-state index is 11.3. The smallest absolute Gasteiger partial charge is 0.239 e. The zero-order valence-corrected chi connectivity index (χ0v) is 4.05. The van der Waals surface area contributed by atoms with Crippen molar-refractivity contribution in [1.82, 2.24) is 0 Å². The molecule has 43 valence electrons. The van der Waals surface area contributed by atoms with Crippen molar-refractivity contribution in [3.8, 4) is 0 Å². The SMILES string of the molecule is F[C](F)C(F)CCl. The van der Waals surface area contributed by atoms with Crippen molar-refractivity contribution in [3.05, 3.63) is 6.43 Å². The molecular formula is C3H3ClF3. The summed E-state index contributed by atoms with van der Waals surface area (Å²) >= 11 is 4.67. The van der Waals surface area contributed by atoms with Gasteiger partial charge in [-0.15, -0.1) is 11.6 Å². The Morgan fingerprint density at radius 3 is 2.00 bits per heavy atom. The molecule has 4 heteroatoms. The summed E-state index contributed by atoms with van der Waals surface area (Å²) in [5.41, 5.74) is 0. The average molecular weight is 132 g/mol. The molecule has 0 saturated carbocycles. The number of rotatable bonds is 2. The van der Waals surface area contributed by atoms with E-state index in [9.17, 15) is 13.2 Å². The molecule has 1 unspecified atom stereocenters. The van der Waals surface area contributed by atoms with E-state index < -0.39 is 18.5 Å². The Labute approximate surface area is 44.3 Å². The highest BCUT2D eigenvalue weighted by atomic mass is 35.5. The highest BCUT2D eigenvalue weighted by molar-refractivity contribution is 6.18. The zero-order valence-electron chi connectivity index (χ0n) is 3.30. The maximum Gasteiger partial charge on any atom is 0.344 e. The van der Waals surface area contributed by atoms with Crippen molar-refractivity contribution >= 4 is 11.6 Å². The molecule has 0 N–H and O–H groups in total. The largest absolute Gasteiger partial charge is 0.344 e. The minimum Gasteiger partial charge on any atom is -0.239 e. The molecule has 0 spiro atoms. The molecule has 0 aliphatic heterocycles. The Kier molecular flexibility index (Phi) is 3.17. The molecule has 0 heterocycles. The Morgan fingerprint density at radius 1 is 1.57 bits per heavy atom. The first kappa shape index (κ1) is 7.08. The Balaban J connectivity index is 3.14. The van der Waals surface area contributed by atoms with E-state index in [1.54, 1.807) is 0 Å². The second-order valence-electron chi connectivity index (χ2n) is 0.911. The zero-order chi connectivity index (χ0) is 5.86. The number of alkyl halides is 2. The lowest BCUT2D eigenvalue weighted by Gasteiger charge is -1.95. The molecule has 0 aliphatic carbocycles. The Hall–Kier alpha value is 0.0800. The van der Waals surface area contributed by atoms with Crippen molar-refractivity contribution in [2.24, 2.45) is 0 Å². The summed E-state index contributed by atoms with van der Waals surface area (Å²) in [5.74, 6) is -0.664. The molecule has 1 radical (unpaired) electrons. The van der Waals surface area contributed by atoms with E-state index in [-0.39, 0.29) is 0 Å². The van der Waals surface area contributed by atoms with E-state index in [1.807, 2.05) is 0 Å². The van der Waals surface area contributed by atoms with E-state index in [0.29, 0.717) is 0 Å². The quantitative estimate of drug-likeness (QED) is 0.503. The van der Waals surface area contributed by atoms with Gasteiger partial charge in [0.15, 0.2) is 6.17 Å². The lowest BCUT2D eigenvalue weighted by atomic mass is 10.5. The maximum atomic E-state index is 11.3. The van der Waals surface area contributed by atoms with Crippen molar-refractivity contribution in [3.63, 3.8) is 0 Å². The van der Waals surface area contributed by atoms with Crippen LogP contribution in [-0.4, -0.2) is 12.1 Å². The lowest BCUT2D eigenvalue weighted by molar-refractivity contribution is 0.173. The van der Waals surface area contributed by atoms with Gasteiger partial charge in [0.1, 0.15) is 0 Å². The van der Waals surface area contributed by atoms with E-state index in [1.165, 1.54) is 0 Å². The van der Waals surface area contributed by atoms with Gasteiger partial charge in [-0.25, -0.2) is 4.39 Å². The van der Waals surface area contributed by atoms with Crippen LogP contribution < -0.4 is 0 Å². The van der Waals surface area contributed by atoms with Gasteiger partial charge in [0.25, 0.3) is 0 Å². The van der Waals surface area contributed by atoms with Gasteiger partial charge in [0.05, 0.1) is 5.88 Å². The molecule has 1 atom stereocenters. The van der Waals surface area contributed by atoms with Gasteiger partial charge in [-0.1, -0.05) is 0 Å². The molecule has 0 saturated heterocycles. The highest BCUT2D eigenvalue weighted by Crippen LogP contribution is 2.13. The van der Waals surface area contributed by atoms with Gasteiger partial charge in [-0.05, 0) is 0 Å². The van der Waals surface area contributed by atoms with Crippen LogP contribution in [0.1, 0.15) is 0 Å². The highest BCUT2D eigenvalue weighted by Gasteiger charge is 2.19. The van der Waals surface area contributed by atoms with Crippen LogP contribution in [0.2, 0.25) is 0 Å². The van der Waals surface area contributed by atoms with Crippen LogP contribution in [0.4, 0.5) is 13.2 Å². The normalized spacial score (nSPS) is 15.0. The average Bonchev–Trinajstić information content (AvgIpc) is 1.65. The van der Waals surface area contributed by atoms with Gasteiger partial charge in [-0.3, -0.25) is 0 Å². The van der Waals surface area contributed by atoms with Gasteiger partial charge in [0, 0.05) is 0 Å². The van der Waals surface area contributed by atoms with Crippen LogP contribution >= 0.6 is 11.6 Å². The molecule has 0 aromatic rings. The van der Waals surface area contributed by atoms with E-state index in [2.05, 4.69) is 11.6 Å². The third-order valence-electron chi connectivity index (χ3n) is 0.372. The predicted molar refractivity (Wildman–Crippen MR) is 21.1 cm³/mol. The minimum absolute atomic E-state index is 0.664. The summed E-state index contributed by atoms with van der Waals surface area (Å²) < 4.78 is 33.1. The predicted octanol–water partition coefficient (Wildman–Crippen LogP) is 1.99. The Morgan fingerprint density at radius 2 is 2.00 bits per heavy atom. The number of halogens is 4. The van der Waals surface area contributed by atoms with Gasteiger partial charge >= 0.3 is 6.43 Å². The molecule has 0 fully saturated rings. The molecule has 7 heavy (non-hydrogen) atoms. The van der Waals surface area contributed by atoms with Gasteiger partial charge in [-0.2, -0.15) is 8.78 Å². The fraction of sp³-hybridized carbons (Fsp3) is 0.667. The fourth-order valence-electron chi connectivity index (χ4n) is 0.0583. The van der Waals surface area contributed by atoms with Crippen LogP contribution in [0.5, 0.6) is 0 Å². The second-order valence-corrected chi connectivity index (χ2v) is 1.22. The number of hydrogen-bond acceptors (Lipinski definition) is 0. The minimum atomic E-state index is -2.25. The first-order chi connectivity index (χ1) is 3.18. The van der Waals surface area contributed by atoms with Gasteiger partial charge in [0.2, 0.25) is 0 Å². The molecular weight excluding hydrogens is 128 g/mol. The first-order valence-corrected chi connectivity index (χ1v) is 2.09. The molecule has 0 amide bonds. The van der Waals surface area contributed by atoms with E-state index >= 15 is 0 Å². The summed E-state index contributed by atoms with van der Waals surface area (Å²) in [7, 11) is 0. The number of hydrogen-bond donors (Lipinski definition) is 0. The second kappa shape index (κ2) is 3.13. The summed E-state index contributed by atoms with van der Waals surface area (Å²) in [6.45, 7) is 0. The molecule has 0 aliphatic rings. The summed E-state index contributed by atoms with van der Waals surface area (Å²) in [5, 5.41) is 0. The third kappa shape index (κ3) is 2.74. The third-order valence-corrected chi connectivity index (χ3v) is 0.643. The molecule has 0 bridgehead atoms. The molecule has 0 rings (SSSR count).